The number of hydrogen-bond donors (Lipinski definition) is 0. The Labute approximate surface area is 111 Å². The van der Waals surface area contributed by atoms with E-state index in [9.17, 15) is 14.9 Å². The van der Waals surface area contributed by atoms with E-state index in [-0.39, 0.29) is 11.8 Å². The molecule has 1 aliphatic heterocycles. The van der Waals surface area contributed by atoms with Gasteiger partial charge in [0.1, 0.15) is 0 Å². The summed E-state index contributed by atoms with van der Waals surface area (Å²) in [6.07, 6.45) is 2.92. The first-order chi connectivity index (χ1) is 9.19. The van der Waals surface area contributed by atoms with Crippen molar-refractivity contribution in [3.8, 4) is 0 Å². The highest BCUT2D eigenvalue weighted by Gasteiger charge is 2.18. The molecule has 0 saturated carbocycles. The predicted molar refractivity (Wildman–Crippen MR) is 68.5 cm³/mol. The minimum absolute atomic E-state index is 0.0560. The molecule has 1 aromatic rings. The van der Waals surface area contributed by atoms with Crippen molar-refractivity contribution in [1.82, 2.24) is 4.90 Å². The zero-order valence-electron chi connectivity index (χ0n) is 10.5. The Morgan fingerprint density at radius 3 is 2.68 bits per heavy atom. The monoisotopic (exact) mass is 264 g/mol. The number of amides is 1. The highest BCUT2D eigenvalue weighted by molar-refractivity contribution is 5.47. The van der Waals surface area contributed by atoms with Gasteiger partial charge in [-0.05, 0) is 18.4 Å². The second-order valence-corrected chi connectivity index (χ2v) is 4.59. The molecule has 1 saturated heterocycles. The van der Waals surface area contributed by atoms with Gasteiger partial charge in [0, 0.05) is 31.8 Å². The fourth-order valence-corrected chi connectivity index (χ4v) is 2.15. The molecule has 1 fully saturated rings. The third-order valence-corrected chi connectivity index (χ3v) is 3.14. The summed E-state index contributed by atoms with van der Waals surface area (Å²) in [5.74, 6) is 0. The van der Waals surface area contributed by atoms with Crippen LogP contribution in [0.1, 0.15) is 18.4 Å². The third kappa shape index (κ3) is 3.75. The standard InChI is InChI=1S/C13H16N2O4/c16-10-14(9-13-2-1-7-19-13)8-11-3-5-12(6-4-11)15(17)18/h3-6,10,13H,1-2,7-9H2. The fourth-order valence-electron chi connectivity index (χ4n) is 2.15. The molecular weight excluding hydrogens is 248 g/mol. The van der Waals surface area contributed by atoms with Crippen molar-refractivity contribution in [2.24, 2.45) is 0 Å². The van der Waals surface area contributed by atoms with Gasteiger partial charge < -0.3 is 9.64 Å². The van der Waals surface area contributed by atoms with Crippen LogP contribution in [0.2, 0.25) is 0 Å². The van der Waals surface area contributed by atoms with Crippen LogP contribution in [0.25, 0.3) is 0 Å². The number of hydrogen-bond acceptors (Lipinski definition) is 4. The van der Waals surface area contributed by atoms with E-state index >= 15 is 0 Å². The molecule has 0 N–H and O–H groups in total. The maximum Gasteiger partial charge on any atom is 0.269 e. The lowest BCUT2D eigenvalue weighted by Gasteiger charge is -2.20. The summed E-state index contributed by atoms with van der Waals surface area (Å²) < 4.78 is 5.48. The first-order valence-corrected chi connectivity index (χ1v) is 6.23. The van der Waals surface area contributed by atoms with Gasteiger partial charge in [-0.3, -0.25) is 14.9 Å². The van der Waals surface area contributed by atoms with Crippen LogP contribution in [0.5, 0.6) is 0 Å². The van der Waals surface area contributed by atoms with Gasteiger partial charge in [0.15, 0.2) is 0 Å². The summed E-state index contributed by atoms with van der Waals surface area (Å²) in [6.45, 7) is 1.77. The van der Waals surface area contributed by atoms with E-state index in [1.807, 2.05) is 0 Å². The Balaban J connectivity index is 1.93. The summed E-state index contributed by atoms with van der Waals surface area (Å²) in [6, 6.07) is 6.24. The lowest BCUT2D eigenvalue weighted by Crippen LogP contribution is -2.30. The number of ether oxygens (including phenoxy) is 1. The molecular formula is C13H16N2O4. The van der Waals surface area contributed by atoms with Crippen LogP contribution in [0.15, 0.2) is 24.3 Å². The largest absolute Gasteiger partial charge is 0.376 e. The van der Waals surface area contributed by atoms with Crippen LogP contribution in [0.3, 0.4) is 0 Å². The predicted octanol–water partition coefficient (Wildman–Crippen LogP) is 1.73. The first-order valence-electron chi connectivity index (χ1n) is 6.23. The molecule has 1 aromatic carbocycles. The maximum atomic E-state index is 11.0. The van der Waals surface area contributed by atoms with Crippen molar-refractivity contribution in [1.29, 1.82) is 0 Å². The van der Waals surface area contributed by atoms with Crippen LogP contribution in [0, 0.1) is 10.1 Å². The maximum absolute atomic E-state index is 11.0. The molecule has 0 spiro atoms. The first kappa shape index (κ1) is 13.5. The lowest BCUT2D eigenvalue weighted by molar-refractivity contribution is -0.384. The van der Waals surface area contributed by atoms with E-state index in [4.69, 9.17) is 4.74 Å². The summed E-state index contributed by atoms with van der Waals surface area (Å²) >= 11 is 0. The molecule has 1 amide bonds. The number of nitrogens with zero attached hydrogens (tertiary/aromatic N) is 2. The summed E-state index contributed by atoms with van der Waals surface area (Å²) in [5, 5.41) is 10.5. The molecule has 0 bridgehead atoms. The van der Waals surface area contributed by atoms with Gasteiger partial charge in [-0.2, -0.15) is 0 Å². The van der Waals surface area contributed by atoms with Crippen molar-refractivity contribution in [2.45, 2.75) is 25.5 Å². The molecule has 6 heteroatoms. The zero-order valence-corrected chi connectivity index (χ0v) is 10.5. The fraction of sp³-hybridized carbons (Fsp3) is 0.462. The Bertz CT molecular complexity index is 440. The van der Waals surface area contributed by atoms with Gasteiger partial charge in [0.05, 0.1) is 11.0 Å². The van der Waals surface area contributed by atoms with Crippen LogP contribution >= 0.6 is 0 Å². The lowest BCUT2D eigenvalue weighted by atomic mass is 10.2. The second-order valence-electron chi connectivity index (χ2n) is 4.59. The van der Waals surface area contributed by atoms with Crippen LogP contribution in [-0.4, -0.2) is 35.5 Å². The number of carbonyl (C=O) groups is 1. The number of benzene rings is 1. The van der Waals surface area contributed by atoms with Crippen molar-refractivity contribution < 1.29 is 14.5 Å². The van der Waals surface area contributed by atoms with Gasteiger partial charge in [-0.15, -0.1) is 0 Å². The number of nitro groups is 1. The van der Waals surface area contributed by atoms with Crippen LogP contribution in [-0.2, 0) is 16.1 Å². The average molecular weight is 264 g/mol. The molecule has 0 aliphatic carbocycles. The SMILES string of the molecule is O=CN(Cc1ccc([N+](=O)[O-])cc1)CC1CCCO1. The molecule has 0 aromatic heterocycles. The number of non-ortho nitro benzene ring substituents is 1. The Morgan fingerprint density at radius 1 is 1.42 bits per heavy atom. The number of nitro benzene ring substituents is 1. The molecule has 1 aliphatic rings. The average Bonchev–Trinajstić information content (AvgIpc) is 2.91. The van der Waals surface area contributed by atoms with E-state index in [1.54, 1.807) is 17.0 Å². The van der Waals surface area contributed by atoms with Crippen molar-refractivity contribution in [3.05, 3.63) is 39.9 Å². The van der Waals surface area contributed by atoms with Crippen molar-refractivity contribution >= 4 is 12.1 Å². The van der Waals surface area contributed by atoms with Crippen LogP contribution < -0.4 is 0 Å². The van der Waals surface area contributed by atoms with E-state index < -0.39 is 4.92 Å². The van der Waals surface area contributed by atoms with Gasteiger partial charge in [0.2, 0.25) is 6.41 Å². The summed E-state index contributed by atoms with van der Waals surface area (Å²) in [4.78, 5) is 22.8. The highest BCUT2D eigenvalue weighted by atomic mass is 16.6. The highest BCUT2D eigenvalue weighted by Crippen LogP contribution is 2.16. The van der Waals surface area contributed by atoms with Crippen LogP contribution in [0.4, 0.5) is 5.69 Å². The molecule has 19 heavy (non-hydrogen) atoms. The van der Waals surface area contributed by atoms with E-state index in [2.05, 4.69) is 0 Å². The topological polar surface area (TPSA) is 72.7 Å². The second kappa shape index (κ2) is 6.29. The molecule has 0 radical (unpaired) electrons. The normalized spacial score (nSPS) is 18.2. The van der Waals surface area contributed by atoms with Gasteiger partial charge in [-0.25, -0.2) is 0 Å². The summed E-state index contributed by atoms with van der Waals surface area (Å²) in [5.41, 5.74) is 0.927. The third-order valence-electron chi connectivity index (χ3n) is 3.14. The smallest absolute Gasteiger partial charge is 0.269 e. The Morgan fingerprint density at radius 2 is 2.16 bits per heavy atom. The van der Waals surface area contributed by atoms with E-state index in [0.717, 1.165) is 31.4 Å². The molecule has 1 heterocycles. The Kier molecular flexibility index (Phi) is 4.46. The number of carbonyl (C=O) groups excluding carboxylic acids is 1. The van der Waals surface area contributed by atoms with Gasteiger partial charge in [0.25, 0.3) is 5.69 Å². The van der Waals surface area contributed by atoms with Crippen molar-refractivity contribution in [2.75, 3.05) is 13.2 Å². The molecule has 6 nitrogen and oxygen atoms in total. The van der Waals surface area contributed by atoms with Crippen molar-refractivity contribution in [3.63, 3.8) is 0 Å². The molecule has 2 rings (SSSR count). The van der Waals surface area contributed by atoms with E-state index in [1.165, 1.54) is 12.1 Å². The Hall–Kier alpha value is -1.95. The number of rotatable bonds is 6. The molecule has 1 unspecified atom stereocenters. The van der Waals surface area contributed by atoms with E-state index in [0.29, 0.717) is 13.1 Å². The van der Waals surface area contributed by atoms with Gasteiger partial charge in [-0.1, -0.05) is 12.1 Å². The summed E-state index contributed by atoms with van der Waals surface area (Å²) in [7, 11) is 0. The minimum atomic E-state index is -0.437. The zero-order chi connectivity index (χ0) is 13.7. The molecule has 1 atom stereocenters. The van der Waals surface area contributed by atoms with Gasteiger partial charge >= 0.3 is 0 Å². The minimum Gasteiger partial charge on any atom is -0.376 e. The molecule has 102 valence electrons. The quantitative estimate of drug-likeness (QED) is 0.445.